The molecular formula is C16H14BrFN2O2. The molecule has 2 aromatic rings. The largest absolute Gasteiger partial charge is 0.368 e. The van der Waals surface area contributed by atoms with E-state index in [0.717, 1.165) is 16.1 Å². The number of primary amides is 1. The minimum absolute atomic E-state index is 0.139. The van der Waals surface area contributed by atoms with Crippen LogP contribution in [0.2, 0.25) is 0 Å². The topological polar surface area (TPSA) is 72.2 Å². The van der Waals surface area contributed by atoms with Crippen molar-refractivity contribution < 1.29 is 14.0 Å². The van der Waals surface area contributed by atoms with E-state index >= 15 is 0 Å². The molecule has 114 valence electrons. The van der Waals surface area contributed by atoms with Crippen LogP contribution in [-0.2, 0) is 11.2 Å². The van der Waals surface area contributed by atoms with Crippen molar-refractivity contribution in [1.29, 1.82) is 0 Å². The second-order valence-electron chi connectivity index (χ2n) is 4.77. The summed E-state index contributed by atoms with van der Waals surface area (Å²) in [5.41, 5.74) is 6.32. The Labute approximate surface area is 135 Å². The molecule has 0 saturated heterocycles. The molecule has 0 unspecified atom stereocenters. The van der Waals surface area contributed by atoms with Gasteiger partial charge in [0.1, 0.15) is 11.9 Å². The molecule has 2 amide bonds. The van der Waals surface area contributed by atoms with Crippen LogP contribution in [0.3, 0.4) is 0 Å². The lowest BCUT2D eigenvalue weighted by atomic mass is 10.0. The highest BCUT2D eigenvalue weighted by molar-refractivity contribution is 9.10. The Morgan fingerprint density at radius 3 is 2.55 bits per heavy atom. The molecule has 22 heavy (non-hydrogen) atoms. The van der Waals surface area contributed by atoms with Gasteiger partial charge in [0.05, 0.1) is 0 Å². The monoisotopic (exact) mass is 364 g/mol. The van der Waals surface area contributed by atoms with Crippen LogP contribution >= 0.6 is 15.9 Å². The second-order valence-corrected chi connectivity index (χ2v) is 5.69. The highest BCUT2D eigenvalue weighted by Gasteiger charge is 2.19. The fraction of sp³-hybridized carbons (Fsp3) is 0.125. The summed E-state index contributed by atoms with van der Waals surface area (Å²) < 4.78 is 14.0. The summed E-state index contributed by atoms with van der Waals surface area (Å²) in [6, 6.07) is 11.7. The van der Waals surface area contributed by atoms with Gasteiger partial charge in [0.2, 0.25) is 5.91 Å². The predicted octanol–water partition coefficient (Wildman–Crippen LogP) is 2.41. The van der Waals surface area contributed by atoms with E-state index in [1.54, 1.807) is 0 Å². The number of hydrogen-bond donors (Lipinski definition) is 2. The molecule has 0 saturated carbocycles. The van der Waals surface area contributed by atoms with Crippen molar-refractivity contribution >= 4 is 27.7 Å². The van der Waals surface area contributed by atoms with E-state index in [1.807, 2.05) is 24.3 Å². The predicted molar refractivity (Wildman–Crippen MR) is 84.7 cm³/mol. The lowest BCUT2D eigenvalue weighted by molar-refractivity contribution is -0.119. The lowest BCUT2D eigenvalue weighted by Gasteiger charge is -2.16. The molecular weight excluding hydrogens is 351 g/mol. The summed E-state index contributed by atoms with van der Waals surface area (Å²) in [6.07, 6.45) is 0.260. The summed E-state index contributed by atoms with van der Waals surface area (Å²) in [7, 11) is 0. The highest BCUT2D eigenvalue weighted by Crippen LogP contribution is 2.13. The summed E-state index contributed by atoms with van der Waals surface area (Å²) in [5.74, 6) is -1.71. The summed E-state index contributed by atoms with van der Waals surface area (Å²) >= 11 is 3.34. The molecule has 6 heteroatoms. The smallest absolute Gasteiger partial charge is 0.252 e. The van der Waals surface area contributed by atoms with Crippen LogP contribution < -0.4 is 11.1 Å². The van der Waals surface area contributed by atoms with E-state index < -0.39 is 23.7 Å². The average Bonchev–Trinajstić information content (AvgIpc) is 2.46. The van der Waals surface area contributed by atoms with Crippen molar-refractivity contribution in [2.24, 2.45) is 5.73 Å². The third-order valence-corrected chi connectivity index (χ3v) is 3.56. The zero-order chi connectivity index (χ0) is 16.1. The van der Waals surface area contributed by atoms with Crippen LogP contribution in [-0.4, -0.2) is 17.9 Å². The molecule has 0 aliphatic heterocycles. The van der Waals surface area contributed by atoms with Crippen molar-refractivity contribution in [3.8, 4) is 0 Å². The van der Waals surface area contributed by atoms with E-state index in [1.165, 1.54) is 18.2 Å². The van der Waals surface area contributed by atoms with Crippen molar-refractivity contribution in [2.45, 2.75) is 12.5 Å². The minimum atomic E-state index is -0.870. The first-order valence-electron chi connectivity index (χ1n) is 6.56. The first-order chi connectivity index (χ1) is 10.5. The van der Waals surface area contributed by atoms with Crippen molar-refractivity contribution in [3.05, 3.63) is 69.9 Å². The maximum Gasteiger partial charge on any atom is 0.252 e. The number of nitrogens with two attached hydrogens (primary N) is 1. The molecule has 2 rings (SSSR count). The Balaban J connectivity index is 2.12. The zero-order valence-electron chi connectivity index (χ0n) is 11.6. The Bertz CT molecular complexity index is 706. The van der Waals surface area contributed by atoms with Gasteiger partial charge in [-0.05, 0) is 35.9 Å². The molecule has 0 heterocycles. The second kappa shape index (κ2) is 7.17. The molecule has 2 aromatic carbocycles. The van der Waals surface area contributed by atoms with Gasteiger partial charge in [-0.2, -0.15) is 0 Å². The SMILES string of the molecule is NC(=O)[C@@H](Cc1cccc(Br)c1)NC(=O)c1cccc(F)c1. The van der Waals surface area contributed by atoms with Gasteiger partial charge in [-0.15, -0.1) is 0 Å². The van der Waals surface area contributed by atoms with Crippen LogP contribution in [0.4, 0.5) is 4.39 Å². The fourth-order valence-corrected chi connectivity index (χ4v) is 2.44. The van der Waals surface area contributed by atoms with E-state index in [4.69, 9.17) is 5.73 Å². The standard InChI is InChI=1S/C16H14BrFN2O2/c17-12-5-1-3-10(7-12)8-14(15(19)21)20-16(22)11-4-2-6-13(18)9-11/h1-7,9,14H,8H2,(H2,19,21)(H,20,22)/t14-/m1/s1. The Morgan fingerprint density at radius 2 is 1.91 bits per heavy atom. The van der Waals surface area contributed by atoms with E-state index in [9.17, 15) is 14.0 Å². The van der Waals surface area contributed by atoms with Crippen LogP contribution in [0.15, 0.2) is 53.0 Å². The van der Waals surface area contributed by atoms with Crippen molar-refractivity contribution in [3.63, 3.8) is 0 Å². The number of benzene rings is 2. The van der Waals surface area contributed by atoms with E-state index in [2.05, 4.69) is 21.2 Å². The average molecular weight is 365 g/mol. The highest BCUT2D eigenvalue weighted by atomic mass is 79.9. The maximum atomic E-state index is 13.1. The molecule has 0 aromatic heterocycles. The normalized spacial score (nSPS) is 11.7. The van der Waals surface area contributed by atoms with Gasteiger partial charge in [-0.3, -0.25) is 9.59 Å². The Morgan fingerprint density at radius 1 is 1.18 bits per heavy atom. The van der Waals surface area contributed by atoms with Gasteiger partial charge in [-0.25, -0.2) is 4.39 Å². The number of carbonyl (C=O) groups is 2. The summed E-state index contributed by atoms with van der Waals surface area (Å²) in [5, 5.41) is 2.53. The molecule has 0 bridgehead atoms. The first kappa shape index (κ1) is 16.2. The maximum absolute atomic E-state index is 13.1. The number of amides is 2. The minimum Gasteiger partial charge on any atom is -0.368 e. The van der Waals surface area contributed by atoms with Crippen molar-refractivity contribution in [1.82, 2.24) is 5.32 Å². The number of halogens is 2. The third kappa shape index (κ3) is 4.39. The molecule has 3 N–H and O–H groups in total. The van der Waals surface area contributed by atoms with E-state index in [-0.39, 0.29) is 12.0 Å². The third-order valence-electron chi connectivity index (χ3n) is 3.06. The van der Waals surface area contributed by atoms with Crippen LogP contribution in [0.1, 0.15) is 15.9 Å². The van der Waals surface area contributed by atoms with Gasteiger partial charge >= 0.3 is 0 Å². The quantitative estimate of drug-likeness (QED) is 0.854. The van der Waals surface area contributed by atoms with Gasteiger partial charge < -0.3 is 11.1 Å². The number of nitrogens with one attached hydrogen (secondary N) is 1. The Hall–Kier alpha value is -2.21. The van der Waals surface area contributed by atoms with E-state index in [0.29, 0.717) is 0 Å². The Kier molecular flexibility index (Phi) is 5.27. The molecule has 0 aliphatic carbocycles. The first-order valence-corrected chi connectivity index (χ1v) is 7.35. The van der Waals surface area contributed by atoms with Gasteiger partial charge in [0.15, 0.2) is 0 Å². The molecule has 1 atom stereocenters. The molecule has 4 nitrogen and oxygen atoms in total. The van der Waals surface area contributed by atoms with Crippen LogP contribution in [0.5, 0.6) is 0 Å². The molecule has 0 aliphatic rings. The molecule has 0 fully saturated rings. The van der Waals surface area contributed by atoms with Crippen LogP contribution in [0, 0.1) is 5.82 Å². The zero-order valence-corrected chi connectivity index (χ0v) is 13.1. The number of rotatable bonds is 5. The van der Waals surface area contributed by atoms with Crippen LogP contribution in [0.25, 0.3) is 0 Å². The number of hydrogen-bond acceptors (Lipinski definition) is 2. The molecule has 0 radical (unpaired) electrons. The van der Waals surface area contributed by atoms with Gasteiger partial charge in [0.25, 0.3) is 5.91 Å². The van der Waals surface area contributed by atoms with Gasteiger partial charge in [-0.1, -0.05) is 34.1 Å². The fourth-order valence-electron chi connectivity index (χ4n) is 1.99. The summed E-state index contributed by atoms with van der Waals surface area (Å²) in [6.45, 7) is 0. The lowest BCUT2D eigenvalue weighted by Crippen LogP contribution is -2.45. The number of carbonyl (C=O) groups excluding carboxylic acids is 2. The molecule has 0 spiro atoms. The van der Waals surface area contributed by atoms with Gasteiger partial charge in [0, 0.05) is 16.5 Å². The van der Waals surface area contributed by atoms with Crippen molar-refractivity contribution in [2.75, 3.05) is 0 Å². The summed E-state index contributed by atoms with van der Waals surface area (Å²) in [4.78, 5) is 23.6.